The summed E-state index contributed by atoms with van der Waals surface area (Å²) < 4.78 is 12.2. The molecule has 0 saturated heterocycles. The molecule has 0 aliphatic heterocycles. The van der Waals surface area contributed by atoms with Crippen molar-refractivity contribution in [1.82, 2.24) is 0 Å². The number of ether oxygens (including phenoxy) is 1. The number of Topliss-reactive ketones (excluding diaryl/α,β-unsaturated/α-hetero) is 2. The fraction of sp³-hybridized carbons (Fsp3) is 0.800. The second-order valence-electron chi connectivity index (χ2n) is 10.3. The van der Waals surface area contributed by atoms with Crippen LogP contribution in [0.4, 0.5) is 0 Å². The molecule has 7 nitrogen and oxygen atoms in total. The Balaban J connectivity index is 2.40. The van der Waals surface area contributed by atoms with Gasteiger partial charge in [-0.05, 0) is 36.4 Å². The summed E-state index contributed by atoms with van der Waals surface area (Å²) >= 11 is 0. The maximum Gasteiger partial charge on any atom is 0.441 e. The van der Waals surface area contributed by atoms with Gasteiger partial charge in [-0.25, -0.2) is 4.79 Å². The molecule has 0 N–H and O–H groups in total. The first-order valence-corrected chi connectivity index (χ1v) is 12.7. The lowest BCUT2D eigenvalue weighted by atomic mass is 9.43. The smallest absolute Gasteiger partial charge is 0.441 e. The molecule has 0 radical (unpaired) electrons. The molecule has 28 heavy (non-hydrogen) atoms. The van der Waals surface area contributed by atoms with E-state index in [-0.39, 0.29) is 28.8 Å². The van der Waals surface area contributed by atoms with Crippen LogP contribution in [0.25, 0.3) is 5.53 Å². The van der Waals surface area contributed by atoms with Crippen LogP contribution in [0.3, 0.4) is 0 Å². The molecule has 3 rings (SSSR count). The molecule has 3 fully saturated rings. The molecule has 0 amide bonds. The van der Waals surface area contributed by atoms with E-state index in [0.717, 1.165) is 6.92 Å². The number of hydrogen-bond donors (Lipinski definition) is 0. The van der Waals surface area contributed by atoms with Gasteiger partial charge in [-0.15, -0.1) is 0 Å². The molecular weight excluding hydrogens is 376 g/mol. The molecular formula is C20H32N2O5Si. The van der Waals surface area contributed by atoms with Crippen molar-refractivity contribution in [3.63, 3.8) is 0 Å². The highest BCUT2D eigenvalue weighted by atomic mass is 28.4. The van der Waals surface area contributed by atoms with Crippen molar-refractivity contribution in [3.05, 3.63) is 5.53 Å². The Kier molecular flexibility index (Phi) is 5.67. The van der Waals surface area contributed by atoms with Gasteiger partial charge >= 0.3 is 11.7 Å². The second kappa shape index (κ2) is 7.01. The summed E-state index contributed by atoms with van der Waals surface area (Å²) in [6.07, 6.45) is 1.08. The average Bonchev–Trinajstić information content (AvgIpc) is 2.52. The van der Waals surface area contributed by atoms with Crippen LogP contribution in [-0.2, 0) is 23.5 Å². The molecule has 0 aromatic rings. The Bertz CT molecular complexity index is 761. The zero-order chi connectivity index (χ0) is 21.7. The summed E-state index contributed by atoms with van der Waals surface area (Å²) in [6.45, 7) is 15.8. The monoisotopic (exact) mass is 408 g/mol. The molecule has 3 saturated carbocycles. The fourth-order valence-corrected chi connectivity index (χ4v) is 5.36. The van der Waals surface area contributed by atoms with Gasteiger partial charge in [0.15, 0.2) is 8.32 Å². The van der Waals surface area contributed by atoms with Crippen LogP contribution >= 0.6 is 0 Å². The van der Waals surface area contributed by atoms with Gasteiger partial charge in [-0.2, -0.15) is 4.79 Å². The predicted octanol–water partition coefficient (Wildman–Crippen LogP) is 3.19. The van der Waals surface area contributed by atoms with Crippen molar-refractivity contribution in [2.45, 2.75) is 78.1 Å². The van der Waals surface area contributed by atoms with Crippen LogP contribution in [0, 0.1) is 17.3 Å². The molecule has 0 spiro atoms. The molecule has 8 heteroatoms. The van der Waals surface area contributed by atoms with E-state index in [1.165, 1.54) is 0 Å². The van der Waals surface area contributed by atoms with E-state index in [4.69, 9.17) is 14.7 Å². The topological polar surface area (TPSA) is 106 Å². The summed E-state index contributed by atoms with van der Waals surface area (Å²) in [7, 11) is -2.17. The number of fused-ring (bicyclic) bond motifs is 2. The summed E-state index contributed by atoms with van der Waals surface area (Å²) in [5.74, 6) is -2.17. The zero-order valence-corrected chi connectivity index (χ0v) is 19.2. The third kappa shape index (κ3) is 3.53. The molecule has 3 aliphatic rings. The number of nitrogens with zero attached hydrogens (tertiary/aromatic N) is 2. The van der Waals surface area contributed by atoms with Crippen LogP contribution in [0.1, 0.15) is 54.4 Å². The molecule has 3 aliphatic carbocycles. The van der Waals surface area contributed by atoms with E-state index in [0.29, 0.717) is 12.8 Å². The third-order valence-electron chi connectivity index (χ3n) is 7.06. The van der Waals surface area contributed by atoms with Gasteiger partial charge in [0.05, 0.1) is 12.5 Å². The molecule has 0 unspecified atom stereocenters. The van der Waals surface area contributed by atoms with Crippen molar-refractivity contribution < 1.29 is 28.3 Å². The van der Waals surface area contributed by atoms with Crippen molar-refractivity contribution in [1.29, 1.82) is 0 Å². The van der Waals surface area contributed by atoms with E-state index in [1.807, 2.05) is 13.8 Å². The van der Waals surface area contributed by atoms with Gasteiger partial charge in [0.25, 0.3) is 0 Å². The van der Waals surface area contributed by atoms with Gasteiger partial charge in [-0.1, -0.05) is 34.6 Å². The molecule has 0 heterocycles. The maximum atomic E-state index is 12.8. The Labute approximate surface area is 167 Å². The van der Waals surface area contributed by atoms with Gasteiger partial charge in [-0.3, -0.25) is 9.59 Å². The van der Waals surface area contributed by atoms with Crippen molar-refractivity contribution in [3.8, 4) is 0 Å². The lowest BCUT2D eigenvalue weighted by molar-refractivity contribution is -0.220. The van der Waals surface area contributed by atoms with Crippen molar-refractivity contribution >= 4 is 31.6 Å². The van der Waals surface area contributed by atoms with Gasteiger partial charge < -0.3 is 14.7 Å². The minimum absolute atomic E-state index is 0.0454. The van der Waals surface area contributed by atoms with E-state index >= 15 is 0 Å². The largest absolute Gasteiger partial charge is 0.447 e. The fourth-order valence-electron chi connectivity index (χ4n) is 4.33. The standard InChI is InChI=1S/C20H32N2O5Si/c1-12(23)14(22-21)17(25)27-20(11-26-28(7,8)18(2,3)4)10-9-13-15(24)16(20)19(13,5)6/h13,16H,9-11H2,1-8H3/t13-,16+,20+/m0/s1. The number of rotatable bonds is 6. The predicted molar refractivity (Wildman–Crippen MR) is 106 cm³/mol. The van der Waals surface area contributed by atoms with Crippen LogP contribution in [0.5, 0.6) is 0 Å². The lowest BCUT2D eigenvalue weighted by Crippen LogP contribution is -2.71. The average molecular weight is 409 g/mol. The minimum Gasteiger partial charge on any atom is -0.447 e. The molecule has 3 atom stereocenters. The van der Waals surface area contributed by atoms with Gasteiger partial charge in [0, 0.05) is 12.8 Å². The van der Waals surface area contributed by atoms with Crippen molar-refractivity contribution in [2.75, 3.05) is 6.61 Å². The maximum absolute atomic E-state index is 12.8. The number of ketones is 2. The van der Waals surface area contributed by atoms with E-state index < -0.39 is 37.3 Å². The van der Waals surface area contributed by atoms with Gasteiger partial charge in [0.1, 0.15) is 11.4 Å². The molecule has 2 bridgehead atoms. The zero-order valence-electron chi connectivity index (χ0n) is 18.2. The minimum atomic E-state index is -2.17. The Morgan fingerprint density at radius 2 is 1.86 bits per heavy atom. The highest BCUT2D eigenvalue weighted by Gasteiger charge is 2.69. The Hall–Kier alpha value is -1.63. The molecule has 0 aromatic carbocycles. The number of hydrogen-bond acceptors (Lipinski definition) is 5. The van der Waals surface area contributed by atoms with Crippen molar-refractivity contribution in [2.24, 2.45) is 17.3 Å². The summed E-state index contributed by atoms with van der Waals surface area (Å²) in [5.41, 5.74) is 6.90. The number of carbonyl (C=O) groups is 3. The quantitative estimate of drug-likeness (QED) is 0.168. The van der Waals surface area contributed by atoms with E-state index in [9.17, 15) is 14.4 Å². The van der Waals surface area contributed by atoms with Crippen LogP contribution in [-0.4, -0.2) is 48.6 Å². The third-order valence-corrected chi connectivity index (χ3v) is 11.5. The first kappa shape index (κ1) is 22.7. The van der Waals surface area contributed by atoms with Crippen LogP contribution in [0.15, 0.2) is 0 Å². The normalized spacial score (nSPS) is 28.8. The number of esters is 1. The van der Waals surface area contributed by atoms with E-state index in [2.05, 4.69) is 38.7 Å². The number of carbonyl (C=O) groups excluding carboxylic acids is 3. The van der Waals surface area contributed by atoms with E-state index in [1.54, 1.807) is 0 Å². The summed E-state index contributed by atoms with van der Waals surface area (Å²) in [4.78, 5) is 39.8. The van der Waals surface area contributed by atoms with Crippen LogP contribution < -0.4 is 0 Å². The SMILES string of the molecule is CC(=O)C(=[N+]=[N-])C(=O)O[C@@]1(CO[Si](C)(C)C(C)(C)C)CC[C@H]2C(=O)[C@@H]1C2(C)C. The lowest BCUT2D eigenvalue weighted by Gasteiger charge is -2.62. The van der Waals surface area contributed by atoms with Crippen LogP contribution in [0.2, 0.25) is 18.1 Å². The Morgan fingerprint density at radius 3 is 2.25 bits per heavy atom. The second-order valence-corrected chi connectivity index (χ2v) is 15.1. The van der Waals surface area contributed by atoms with Gasteiger partial charge in [0.2, 0.25) is 5.78 Å². The summed E-state index contributed by atoms with van der Waals surface area (Å²) in [6, 6.07) is 0. The molecule has 0 aromatic heterocycles. The highest BCUT2D eigenvalue weighted by molar-refractivity contribution is 6.74. The summed E-state index contributed by atoms with van der Waals surface area (Å²) in [5, 5.41) is -0.0500. The molecule has 156 valence electrons. The highest BCUT2D eigenvalue weighted by Crippen LogP contribution is 2.61. The first-order chi connectivity index (χ1) is 12.6. The first-order valence-electron chi connectivity index (χ1n) is 9.75. The Morgan fingerprint density at radius 1 is 1.29 bits per heavy atom.